The Bertz CT molecular complexity index is 2790. The van der Waals surface area contributed by atoms with Gasteiger partial charge in [-0.15, -0.1) is 11.3 Å². The molecule has 0 amide bonds. The lowest BCUT2D eigenvalue weighted by molar-refractivity contribution is 0.669. The Morgan fingerprint density at radius 3 is 1.69 bits per heavy atom. The third-order valence-corrected chi connectivity index (χ3v) is 11.0. The molecular formula is C48H31NOS. The fourth-order valence-corrected chi connectivity index (χ4v) is 8.55. The van der Waals surface area contributed by atoms with Gasteiger partial charge in [0.1, 0.15) is 5.58 Å². The molecule has 0 atom stereocenters. The molecule has 240 valence electrons. The summed E-state index contributed by atoms with van der Waals surface area (Å²) in [7, 11) is 0. The minimum atomic E-state index is 0.860. The van der Waals surface area contributed by atoms with E-state index in [4.69, 9.17) is 4.42 Å². The van der Waals surface area contributed by atoms with E-state index in [9.17, 15) is 0 Å². The molecule has 3 heteroatoms. The topological polar surface area (TPSA) is 16.4 Å². The largest absolute Gasteiger partial charge is 0.454 e. The summed E-state index contributed by atoms with van der Waals surface area (Å²) < 4.78 is 9.47. The van der Waals surface area contributed by atoms with Crippen molar-refractivity contribution in [1.29, 1.82) is 0 Å². The van der Waals surface area contributed by atoms with Crippen LogP contribution in [-0.4, -0.2) is 0 Å². The van der Waals surface area contributed by atoms with Crippen LogP contribution >= 0.6 is 11.3 Å². The monoisotopic (exact) mass is 669 g/mol. The third-order valence-electron chi connectivity index (χ3n) is 9.84. The summed E-state index contributed by atoms with van der Waals surface area (Å²) in [6.45, 7) is 0. The first-order valence-electron chi connectivity index (χ1n) is 17.3. The number of furan rings is 1. The number of hydrogen-bond donors (Lipinski definition) is 0. The van der Waals surface area contributed by atoms with Crippen molar-refractivity contribution in [2.24, 2.45) is 0 Å². The Morgan fingerprint density at radius 2 is 0.980 bits per heavy atom. The molecule has 0 fully saturated rings. The van der Waals surface area contributed by atoms with Gasteiger partial charge in [0.2, 0.25) is 0 Å². The molecule has 10 aromatic rings. The quantitative estimate of drug-likeness (QED) is 0.175. The molecule has 0 aliphatic rings. The maximum absolute atomic E-state index is 6.90. The molecule has 2 nitrogen and oxygen atoms in total. The van der Waals surface area contributed by atoms with Crippen LogP contribution in [0.25, 0.3) is 75.5 Å². The Morgan fingerprint density at radius 1 is 0.392 bits per heavy atom. The third kappa shape index (κ3) is 5.10. The van der Waals surface area contributed by atoms with E-state index < -0.39 is 0 Å². The maximum Gasteiger partial charge on any atom is 0.160 e. The van der Waals surface area contributed by atoms with Crippen molar-refractivity contribution < 1.29 is 4.42 Å². The number of thiophene rings is 1. The number of fused-ring (bicyclic) bond motifs is 6. The van der Waals surface area contributed by atoms with E-state index >= 15 is 0 Å². The van der Waals surface area contributed by atoms with Crippen LogP contribution < -0.4 is 4.90 Å². The van der Waals surface area contributed by atoms with Gasteiger partial charge in [-0.1, -0.05) is 133 Å². The summed E-state index contributed by atoms with van der Waals surface area (Å²) in [4.78, 5) is 2.39. The first-order chi connectivity index (χ1) is 25.3. The van der Waals surface area contributed by atoms with Gasteiger partial charge in [0, 0.05) is 42.3 Å². The molecule has 0 spiro atoms. The van der Waals surface area contributed by atoms with Crippen LogP contribution in [0.3, 0.4) is 0 Å². The van der Waals surface area contributed by atoms with Crippen molar-refractivity contribution in [3.63, 3.8) is 0 Å². The first kappa shape index (κ1) is 29.5. The van der Waals surface area contributed by atoms with Gasteiger partial charge in [-0.05, 0) is 88.0 Å². The normalized spacial score (nSPS) is 11.5. The second kappa shape index (κ2) is 12.2. The highest BCUT2D eigenvalue weighted by Crippen LogP contribution is 2.48. The molecule has 0 saturated carbocycles. The smallest absolute Gasteiger partial charge is 0.160 e. The summed E-state index contributed by atoms with van der Waals surface area (Å²) in [5.74, 6) is 0. The first-order valence-corrected chi connectivity index (χ1v) is 18.1. The lowest BCUT2D eigenvalue weighted by Crippen LogP contribution is -2.11. The fourth-order valence-electron chi connectivity index (χ4n) is 7.46. The van der Waals surface area contributed by atoms with Gasteiger partial charge in [-0.25, -0.2) is 0 Å². The summed E-state index contributed by atoms with van der Waals surface area (Å²) >= 11 is 1.84. The Balaban J connectivity index is 1.30. The van der Waals surface area contributed by atoms with E-state index in [2.05, 4.69) is 193 Å². The van der Waals surface area contributed by atoms with Crippen molar-refractivity contribution in [3.05, 3.63) is 188 Å². The SMILES string of the molecule is c1ccc(-c2cc(-c3ccccc3)cc(N(c3ccc4sc5ccccc5c4c3)c3ccc(-c4ccccc4)c4c3oc3ccccc34)c2)cc1. The zero-order valence-corrected chi connectivity index (χ0v) is 28.5. The van der Waals surface area contributed by atoms with Crippen molar-refractivity contribution >= 4 is 70.5 Å². The fraction of sp³-hybridized carbons (Fsp3) is 0. The highest BCUT2D eigenvalue weighted by molar-refractivity contribution is 7.25. The van der Waals surface area contributed by atoms with E-state index in [0.717, 1.165) is 61.3 Å². The molecule has 2 aromatic heterocycles. The predicted molar refractivity (Wildman–Crippen MR) is 218 cm³/mol. The lowest BCUT2D eigenvalue weighted by Gasteiger charge is -2.27. The van der Waals surface area contributed by atoms with Crippen LogP contribution in [0.2, 0.25) is 0 Å². The van der Waals surface area contributed by atoms with Gasteiger partial charge >= 0.3 is 0 Å². The molecule has 0 N–H and O–H groups in total. The highest BCUT2D eigenvalue weighted by Gasteiger charge is 2.24. The molecule has 0 radical (unpaired) electrons. The minimum Gasteiger partial charge on any atom is -0.454 e. The molecule has 0 saturated heterocycles. The van der Waals surface area contributed by atoms with E-state index in [1.54, 1.807) is 0 Å². The summed E-state index contributed by atoms with van der Waals surface area (Å²) in [5.41, 5.74) is 11.8. The predicted octanol–water partition coefficient (Wildman–Crippen LogP) is 14.4. The maximum atomic E-state index is 6.90. The molecule has 2 heterocycles. The Hall–Kier alpha value is -6.42. The molecular weight excluding hydrogens is 639 g/mol. The van der Waals surface area contributed by atoms with Gasteiger partial charge in [-0.3, -0.25) is 0 Å². The standard InChI is InChI=1S/C48H31NOS/c1-4-14-32(15-5-1)35-28-36(33-16-6-2-7-17-33)30-38(29-35)49(37-24-27-46-42(31-37)40-20-11-13-23-45(40)51-46)43-26-25-39(34-18-8-3-9-19-34)47-41-21-10-12-22-44(41)50-48(43)47/h1-31H. The van der Waals surface area contributed by atoms with Crippen molar-refractivity contribution in [3.8, 4) is 33.4 Å². The van der Waals surface area contributed by atoms with Crippen molar-refractivity contribution in [2.45, 2.75) is 0 Å². The van der Waals surface area contributed by atoms with Crippen LogP contribution in [-0.2, 0) is 0 Å². The van der Waals surface area contributed by atoms with E-state index in [0.29, 0.717) is 0 Å². The van der Waals surface area contributed by atoms with Gasteiger partial charge in [0.25, 0.3) is 0 Å². The van der Waals surface area contributed by atoms with Gasteiger partial charge in [0.05, 0.1) is 5.69 Å². The second-order valence-corrected chi connectivity index (χ2v) is 14.0. The number of para-hydroxylation sites is 1. The number of hydrogen-bond acceptors (Lipinski definition) is 3. The number of benzene rings is 8. The Kier molecular flexibility index (Phi) is 7.04. The number of nitrogens with zero attached hydrogens (tertiary/aromatic N) is 1. The highest BCUT2D eigenvalue weighted by atomic mass is 32.1. The van der Waals surface area contributed by atoms with Crippen molar-refractivity contribution in [2.75, 3.05) is 4.90 Å². The average molecular weight is 670 g/mol. The Labute approximate surface area is 300 Å². The average Bonchev–Trinajstić information content (AvgIpc) is 3.78. The summed E-state index contributed by atoms with van der Waals surface area (Å²) in [6.07, 6.45) is 0. The van der Waals surface area contributed by atoms with Crippen LogP contribution in [0.1, 0.15) is 0 Å². The molecule has 0 aliphatic heterocycles. The van der Waals surface area contributed by atoms with E-state index in [1.807, 2.05) is 11.3 Å². The molecule has 0 bridgehead atoms. The van der Waals surface area contributed by atoms with Gasteiger partial charge in [-0.2, -0.15) is 0 Å². The molecule has 0 aliphatic carbocycles. The molecule has 8 aromatic carbocycles. The van der Waals surface area contributed by atoms with Gasteiger partial charge in [0.15, 0.2) is 5.58 Å². The van der Waals surface area contributed by atoms with Gasteiger partial charge < -0.3 is 9.32 Å². The van der Waals surface area contributed by atoms with Crippen LogP contribution in [0.5, 0.6) is 0 Å². The number of rotatable bonds is 6. The zero-order chi connectivity index (χ0) is 33.7. The van der Waals surface area contributed by atoms with Crippen LogP contribution in [0.15, 0.2) is 192 Å². The van der Waals surface area contributed by atoms with Crippen molar-refractivity contribution in [1.82, 2.24) is 0 Å². The molecule has 10 rings (SSSR count). The summed E-state index contributed by atoms with van der Waals surface area (Å²) in [6, 6.07) is 67.4. The van der Waals surface area contributed by atoms with Crippen LogP contribution in [0, 0.1) is 0 Å². The second-order valence-electron chi connectivity index (χ2n) is 12.9. The summed E-state index contributed by atoms with van der Waals surface area (Å²) in [5, 5.41) is 4.75. The molecule has 0 unspecified atom stereocenters. The molecule has 51 heavy (non-hydrogen) atoms. The lowest BCUT2D eigenvalue weighted by atomic mass is 9.96. The number of anilines is 3. The van der Waals surface area contributed by atoms with Crippen LogP contribution in [0.4, 0.5) is 17.1 Å². The minimum absolute atomic E-state index is 0.860. The van der Waals surface area contributed by atoms with E-state index in [1.165, 1.54) is 31.3 Å². The van der Waals surface area contributed by atoms with E-state index in [-0.39, 0.29) is 0 Å². The zero-order valence-electron chi connectivity index (χ0n) is 27.7.